The van der Waals surface area contributed by atoms with E-state index in [1.165, 1.54) is 0 Å². The average Bonchev–Trinajstić information content (AvgIpc) is 1.82. The van der Waals surface area contributed by atoms with Crippen molar-refractivity contribution >= 4 is 5.91 Å². The molecule has 0 radical (unpaired) electrons. The van der Waals surface area contributed by atoms with Crippen LogP contribution in [0.4, 0.5) is 0 Å². The first-order valence-corrected chi connectivity index (χ1v) is 4.22. The quantitative estimate of drug-likeness (QED) is 0.659. The van der Waals surface area contributed by atoms with Gasteiger partial charge in [-0.05, 0) is 12.3 Å². The summed E-state index contributed by atoms with van der Waals surface area (Å²) in [5.74, 6) is 0.971. The predicted octanol–water partition coefficient (Wildman–Crippen LogP) is -0.407. The van der Waals surface area contributed by atoms with E-state index in [9.17, 15) is 4.79 Å². The molecule has 0 saturated carbocycles. The van der Waals surface area contributed by atoms with Gasteiger partial charge in [-0.25, -0.2) is 0 Å². The van der Waals surface area contributed by atoms with E-state index >= 15 is 0 Å². The molecule has 0 aromatic heterocycles. The molecule has 0 aliphatic rings. The van der Waals surface area contributed by atoms with E-state index in [1.807, 2.05) is 13.8 Å². The molecule has 0 aromatic carbocycles. The zero-order valence-corrected chi connectivity index (χ0v) is 13.8. The van der Waals surface area contributed by atoms with Gasteiger partial charge in [-0.2, -0.15) is 0 Å². The Labute approximate surface area is 125 Å². The molecule has 0 atom stereocenters. The number of hydrogen-bond donors (Lipinski definition) is 0. The molecular formula is C9H18NORb. The van der Waals surface area contributed by atoms with Crippen LogP contribution in [0.25, 0.3) is 5.32 Å². The largest absolute Gasteiger partial charge is 1.00 e. The zero-order chi connectivity index (χ0) is 8.85. The molecule has 0 rings (SSSR count). The summed E-state index contributed by atoms with van der Waals surface area (Å²) < 4.78 is 0. The molecule has 2 nitrogen and oxygen atoms in total. The molecule has 0 N–H and O–H groups in total. The fourth-order valence-corrected chi connectivity index (χ4v) is 0.698. The Bertz CT molecular complexity index is 124. The van der Waals surface area contributed by atoms with Gasteiger partial charge in [0.15, 0.2) is 0 Å². The molecule has 0 aromatic rings. The number of nitrogens with zero attached hydrogens (tertiary/aromatic N) is 1. The van der Waals surface area contributed by atoms with Gasteiger partial charge in [-0.3, -0.25) is 0 Å². The number of rotatable bonds is 4. The minimum atomic E-state index is 0. The van der Waals surface area contributed by atoms with Crippen molar-refractivity contribution in [2.75, 3.05) is 6.54 Å². The number of hydrogen-bond acceptors (Lipinski definition) is 1. The van der Waals surface area contributed by atoms with Gasteiger partial charge in [0, 0.05) is 0 Å². The van der Waals surface area contributed by atoms with Crippen molar-refractivity contribution in [3.05, 3.63) is 5.32 Å². The third-order valence-electron chi connectivity index (χ3n) is 1.22. The molecule has 0 aliphatic carbocycles. The van der Waals surface area contributed by atoms with Gasteiger partial charge in [0.25, 0.3) is 0 Å². The Morgan fingerprint density at radius 2 is 1.67 bits per heavy atom. The first kappa shape index (κ1) is 15.7. The maximum Gasteiger partial charge on any atom is 1.00 e. The van der Waals surface area contributed by atoms with Gasteiger partial charge < -0.3 is 10.1 Å². The second-order valence-corrected chi connectivity index (χ2v) is 3.73. The van der Waals surface area contributed by atoms with Gasteiger partial charge in [0.2, 0.25) is 0 Å². The van der Waals surface area contributed by atoms with Crippen LogP contribution in [0.1, 0.15) is 34.1 Å². The Balaban J connectivity index is 0. The third-order valence-corrected chi connectivity index (χ3v) is 1.22. The van der Waals surface area contributed by atoms with Crippen molar-refractivity contribution in [1.82, 2.24) is 0 Å². The molecule has 66 valence electrons. The minimum Gasteiger partial charge on any atom is -0.653 e. The van der Waals surface area contributed by atoms with E-state index in [4.69, 9.17) is 0 Å². The van der Waals surface area contributed by atoms with Crippen LogP contribution >= 0.6 is 0 Å². The Hall–Kier alpha value is 1.28. The maximum absolute atomic E-state index is 11.0. The van der Waals surface area contributed by atoms with Crippen LogP contribution in [0.5, 0.6) is 0 Å². The standard InChI is InChI=1S/C9H19NO.Rb/c1-7(2)5-9(11)10-6-8(3)4;/h7-8H,5-6H2,1-4H3,(H,10,11);/q;+1/p-1. The van der Waals surface area contributed by atoms with Crippen LogP contribution in [0.15, 0.2) is 0 Å². The van der Waals surface area contributed by atoms with Crippen molar-refractivity contribution in [2.24, 2.45) is 11.8 Å². The van der Waals surface area contributed by atoms with Gasteiger partial charge in [0.1, 0.15) is 0 Å². The van der Waals surface area contributed by atoms with Gasteiger partial charge in [0.05, 0.1) is 5.91 Å². The summed E-state index contributed by atoms with van der Waals surface area (Å²) in [4.78, 5) is 11.0. The number of carbonyl (C=O) groups is 1. The summed E-state index contributed by atoms with van der Waals surface area (Å²) in [6, 6.07) is 0. The summed E-state index contributed by atoms with van der Waals surface area (Å²) in [6.45, 7) is 8.86. The second kappa shape index (κ2) is 8.86. The van der Waals surface area contributed by atoms with Crippen LogP contribution < -0.4 is 58.2 Å². The number of carbonyl (C=O) groups excluding carboxylic acids is 1. The summed E-state index contributed by atoms with van der Waals surface area (Å²) >= 11 is 0. The van der Waals surface area contributed by atoms with Crippen molar-refractivity contribution in [1.29, 1.82) is 0 Å². The van der Waals surface area contributed by atoms with E-state index in [-0.39, 0.29) is 64.1 Å². The predicted molar refractivity (Wildman–Crippen MR) is 47.5 cm³/mol. The van der Waals surface area contributed by atoms with Crippen LogP contribution in [-0.4, -0.2) is 12.5 Å². The van der Waals surface area contributed by atoms with Crippen molar-refractivity contribution < 1.29 is 63.0 Å². The summed E-state index contributed by atoms with van der Waals surface area (Å²) in [5, 5.41) is 3.92. The Morgan fingerprint density at radius 3 is 2.00 bits per heavy atom. The van der Waals surface area contributed by atoms with E-state index < -0.39 is 0 Å². The van der Waals surface area contributed by atoms with Gasteiger partial charge in [-0.1, -0.05) is 33.6 Å². The molecule has 0 aliphatic heterocycles. The molecule has 0 fully saturated rings. The van der Waals surface area contributed by atoms with Crippen LogP contribution in [-0.2, 0) is 4.79 Å². The number of amides is 1. The SMILES string of the molecule is CC(C)C[N-]C(=O)CC(C)C.[Rb+]. The van der Waals surface area contributed by atoms with Crippen molar-refractivity contribution in [2.45, 2.75) is 34.1 Å². The molecule has 3 heteroatoms. The molecular weight excluding hydrogens is 224 g/mol. The molecule has 0 saturated heterocycles. The van der Waals surface area contributed by atoms with Crippen LogP contribution in [0.2, 0.25) is 0 Å². The molecule has 0 spiro atoms. The topological polar surface area (TPSA) is 31.2 Å². The van der Waals surface area contributed by atoms with Crippen LogP contribution in [0, 0.1) is 11.8 Å². The molecule has 12 heavy (non-hydrogen) atoms. The fraction of sp³-hybridized carbons (Fsp3) is 0.889. The first-order chi connectivity index (χ1) is 5.02. The molecule has 0 heterocycles. The Kier molecular flexibility index (Phi) is 11.6. The Morgan fingerprint density at radius 1 is 1.17 bits per heavy atom. The van der Waals surface area contributed by atoms with E-state index in [1.54, 1.807) is 0 Å². The average molecular weight is 242 g/mol. The minimum absolute atomic E-state index is 0. The monoisotopic (exact) mass is 241 g/mol. The van der Waals surface area contributed by atoms with Gasteiger partial charge in [-0.15, -0.1) is 6.54 Å². The molecule has 0 bridgehead atoms. The zero-order valence-electron chi connectivity index (χ0n) is 8.92. The smallest absolute Gasteiger partial charge is 0.653 e. The van der Waals surface area contributed by atoms with Crippen LogP contribution in [0.3, 0.4) is 0 Å². The van der Waals surface area contributed by atoms with E-state index in [0.717, 1.165) is 0 Å². The van der Waals surface area contributed by atoms with E-state index in [0.29, 0.717) is 24.8 Å². The summed E-state index contributed by atoms with van der Waals surface area (Å²) in [5.41, 5.74) is 0. The molecule has 0 unspecified atom stereocenters. The normalized spacial score (nSPS) is 9.83. The second-order valence-electron chi connectivity index (χ2n) is 3.73. The van der Waals surface area contributed by atoms with Gasteiger partial charge >= 0.3 is 58.2 Å². The molecule has 1 amide bonds. The first-order valence-electron chi connectivity index (χ1n) is 4.22. The third kappa shape index (κ3) is 11.3. The van der Waals surface area contributed by atoms with E-state index in [2.05, 4.69) is 19.2 Å². The summed E-state index contributed by atoms with van der Waals surface area (Å²) in [6.07, 6.45) is 0.590. The maximum atomic E-state index is 11.0. The van der Waals surface area contributed by atoms with Crippen molar-refractivity contribution in [3.8, 4) is 0 Å². The summed E-state index contributed by atoms with van der Waals surface area (Å²) in [7, 11) is 0. The fourth-order valence-electron chi connectivity index (χ4n) is 0.698. The van der Waals surface area contributed by atoms with Crippen molar-refractivity contribution in [3.63, 3.8) is 0 Å².